The molecule has 0 spiro atoms. The first-order chi connectivity index (χ1) is 14.9. The number of hydrogen-bond acceptors (Lipinski definition) is 7. The molecule has 0 radical (unpaired) electrons. The van der Waals surface area contributed by atoms with Gasteiger partial charge in [0.2, 0.25) is 0 Å². The molecule has 0 N–H and O–H groups in total. The highest BCUT2D eigenvalue weighted by Crippen LogP contribution is 2.34. The number of thioether (sulfide) groups is 1. The summed E-state index contributed by atoms with van der Waals surface area (Å²) < 4.78 is 24.0. The van der Waals surface area contributed by atoms with Gasteiger partial charge < -0.3 is 9.15 Å². The molecule has 1 saturated heterocycles. The van der Waals surface area contributed by atoms with Crippen molar-refractivity contribution < 1.29 is 23.1 Å². The fourth-order valence-electron chi connectivity index (χ4n) is 2.89. The van der Waals surface area contributed by atoms with Crippen LogP contribution in [-0.4, -0.2) is 33.2 Å². The van der Waals surface area contributed by atoms with E-state index in [4.69, 9.17) is 16.6 Å². The monoisotopic (exact) mass is 454 g/mol. The Morgan fingerprint density at radius 2 is 2.00 bits per heavy atom. The Morgan fingerprint density at radius 3 is 2.68 bits per heavy atom. The predicted molar refractivity (Wildman–Crippen MR) is 118 cm³/mol. The summed E-state index contributed by atoms with van der Waals surface area (Å²) in [6, 6.07) is 12.7. The first-order valence-electron chi connectivity index (χ1n) is 9.09. The number of pyridine rings is 1. The SMILES string of the molecule is COC(=O)c1ccc(-c2ccc(/C=C3\SC(=S)N(Cc4ccc(F)cc4)C3=O)o2)cn1. The van der Waals surface area contributed by atoms with Crippen LogP contribution in [0.15, 0.2) is 64.1 Å². The summed E-state index contributed by atoms with van der Waals surface area (Å²) in [6.07, 6.45) is 3.14. The smallest absolute Gasteiger partial charge is 0.356 e. The zero-order valence-corrected chi connectivity index (χ0v) is 17.8. The number of halogens is 1. The third-order valence-electron chi connectivity index (χ3n) is 4.47. The van der Waals surface area contributed by atoms with Crippen LogP contribution in [0.3, 0.4) is 0 Å². The van der Waals surface area contributed by atoms with Crippen molar-refractivity contribution in [2.75, 3.05) is 7.11 Å². The Balaban J connectivity index is 1.50. The van der Waals surface area contributed by atoms with Crippen molar-refractivity contribution in [3.63, 3.8) is 0 Å². The van der Waals surface area contributed by atoms with Crippen LogP contribution in [0.2, 0.25) is 0 Å². The number of thiocarbonyl (C=S) groups is 1. The average molecular weight is 455 g/mol. The summed E-state index contributed by atoms with van der Waals surface area (Å²) in [5, 5.41) is 0. The van der Waals surface area contributed by atoms with Crippen molar-refractivity contribution >= 4 is 46.3 Å². The van der Waals surface area contributed by atoms with Gasteiger partial charge in [0.15, 0.2) is 0 Å². The van der Waals surface area contributed by atoms with Gasteiger partial charge in [-0.25, -0.2) is 14.2 Å². The lowest BCUT2D eigenvalue weighted by Crippen LogP contribution is -2.27. The first kappa shape index (κ1) is 21.0. The Hall–Kier alpha value is -3.30. The van der Waals surface area contributed by atoms with Crippen LogP contribution in [0.25, 0.3) is 17.4 Å². The van der Waals surface area contributed by atoms with Gasteiger partial charge in [-0.15, -0.1) is 0 Å². The number of carbonyl (C=O) groups is 2. The van der Waals surface area contributed by atoms with Crippen LogP contribution < -0.4 is 0 Å². The minimum atomic E-state index is -0.519. The number of esters is 1. The van der Waals surface area contributed by atoms with E-state index in [-0.39, 0.29) is 24.0 Å². The van der Waals surface area contributed by atoms with Crippen molar-refractivity contribution in [1.82, 2.24) is 9.88 Å². The molecule has 1 aromatic carbocycles. The van der Waals surface area contributed by atoms with Crippen LogP contribution >= 0.6 is 24.0 Å². The number of aromatic nitrogens is 1. The number of rotatable bonds is 5. The molecule has 1 fully saturated rings. The maximum absolute atomic E-state index is 13.1. The highest BCUT2D eigenvalue weighted by molar-refractivity contribution is 8.26. The Bertz CT molecular complexity index is 1190. The van der Waals surface area contributed by atoms with Crippen molar-refractivity contribution in [2.45, 2.75) is 6.54 Å². The van der Waals surface area contributed by atoms with Crippen molar-refractivity contribution in [1.29, 1.82) is 0 Å². The van der Waals surface area contributed by atoms with Gasteiger partial charge in [-0.2, -0.15) is 0 Å². The Morgan fingerprint density at radius 1 is 1.23 bits per heavy atom. The molecule has 0 unspecified atom stereocenters. The molecule has 31 heavy (non-hydrogen) atoms. The van der Waals surface area contributed by atoms with Gasteiger partial charge in [-0.05, 0) is 42.0 Å². The standard InChI is InChI=1S/C22H15FN2O4S2/c1-28-21(27)17-8-4-14(11-24-17)18-9-7-16(29-18)10-19-20(26)25(22(30)31-19)12-13-2-5-15(23)6-3-13/h2-11H,12H2,1H3/b19-10-. The van der Waals surface area contributed by atoms with E-state index in [1.807, 2.05) is 0 Å². The summed E-state index contributed by atoms with van der Waals surface area (Å²) in [4.78, 5) is 30.2. The van der Waals surface area contributed by atoms with E-state index in [0.717, 1.165) is 5.56 Å². The van der Waals surface area contributed by atoms with Gasteiger partial charge in [-0.1, -0.05) is 36.1 Å². The maximum Gasteiger partial charge on any atom is 0.356 e. The quantitative estimate of drug-likeness (QED) is 0.315. The lowest BCUT2D eigenvalue weighted by molar-refractivity contribution is -0.122. The maximum atomic E-state index is 13.1. The molecule has 0 saturated carbocycles. The molecule has 1 aliphatic rings. The summed E-state index contributed by atoms with van der Waals surface area (Å²) in [5.74, 6) is -0.0696. The van der Waals surface area contributed by atoms with Gasteiger partial charge in [-0.3, -0.25) is 9.69 Å². The van der Waals surface area contributed by atoms with E-state index in [2.05, 4.69) is 9.72 Å². The number of hydrogen-bond donors (Lipinski definition) is 0. The number of methoxy groups -OCH3 is 1. The molecular formula is C22H15FN2O4S2. The fraction of sp³-hybridized carbons (Fsp3) is 0.0909. The lowest BCUT2D eigenvalue weighted by Gasteiger charge is -2.14. The van der Waals surface area contributed by atoms with E-state index < -0.39 is 5.97 Å². The molecule has 0 bridgehead atoms. The van der Waals surface area contributed by atoms with Gasteiger partial charge in [0, 0.05) is 17.8 Å². The van der Waals surface area contributed by atoms with Gasteiger partial charge in [0.05, 0.1) is 18.6 Å². The number of benzene rings is 1. The molecule has 156 valence electrons. The van der Waals surface area contributed by atoms with Gasteiger partial charge in [0.1, 0.15) is 27.4 Å². The molecule has 1 aliphatic heterocycles. The highest BCUT2D eigenvalue weighted by atomic mass is 32.2. The van der Waals surface area contributed by atoms with Crippen LogP contribution in [0.1, 0.15) is 21.8 Å². The Kier molecular flexibility index (Phi) is 5.97. The zero-order chi connectivity index (χ0) is 22.0. The third kappa shape index (κ3) is 4.57. The second kappa shape index (κ2) is 8.83. The topological polar surface area (TPSA) is 72.6 Å². The van der Waals surface area contributed by atoms with Crippen molar-refractivity contribution in [3.05, 3.63) is 82.5 Å². The van der Waals surface area contributed by atoms with Crippen molar-refractivity contribution in [2.24, 2.45) is 0 Å². The predicted octanol–water partition coefficient (Wildman–Crippen LogP) is 4.67. The number of amides is 1. The van der Waals surface area contributed by atoms with E-state index >= 15 is 0 Å². The number of carbonyl (C=O) groups excluding carboxylic acids is 2. The molecule has 3 heterocycles. The lowest BCUT2D eigenvalue weighted by atomic mass is 10.2. The van der Waals surface area contributed by atoms with Crippen LogP contribution in [-0.2, 0) is 16.1 Å². The summed E-state index contributed by atoms with van der Waals surface area (Å²) in [7, 11) is 1.29. The minimum Gasteiger partial charge on any atom is -0.464 e. The van der Waals surface area contributed by atoms with Gasteiger partial charge >= 0.3 is 5.97 Å². The highest BCUT2D eigenvalue weighted by Gasteiger charge is 2.32. The second-order valence-corrected chi connectivity index (χ2v) is 8.20. The molecule has 3 aromatic rings. The molecule has 6 nitrogen and oxygen atoms in total. The van der Waals surface area contributed by atoms with Crippen LogP contribution in [0.5, 0.6) is 0 Å². The zero-order valence-electron chi connectivity index (χ0n) is 16.2. The number of nitrogens with zero attached hydrogens (tertiary/aromatic N) is 2. The normalized spacial score (nSPS) is 15.0. The molecular weight excluding hydrogens is 439 g/mol. The molecule has 0 atom stereocenters. The molecule has 0 aliphatic carbocycles. The average Bonchev–Trinajstić information content (AvgIpc) is 3.35. The Labute approximate surface area is 186 Å². The van der Waals surface area contributed by atoms with E-state index in [0.29, 0.717) is 26.3 Å². The molecule has 2 aromatic heterocycles. The number of furan rings is 1. The van der Waals surface area contributed by atoms with E-state index in [1.54, 1.807) is 42.5 Å². The summed E-state index contributed by atoms with van der Waals surface area (Å²) in [5.41, 5.74) is 1.65. The summed E-state index contributed by atoms with van der Waals surface area (Å²) >= 11 is 6.52. The second-order valence-electron chi connectivity index (χ2n) is 6.52. The molecule has 1 amide bonds. The van der Waals surface area contributed by atoms with Crippen LogP contribution in [0.4, 0.5) is 4.39 Å². The first-order valence-corrected chi connectivity index (χ1v) is 10.3. The van der Waals surface area contributed by atoms with Gasteiger partial charge in [0.25, 0.3) is 5.91 Å². The largest absolute Gasteiger partial charge is 0.464 e. The van der Waals surface area contributed by atoms with E-state index in [1.165, 1.54) is 42.1 Å². The fourth-order valence-corrected chi connectivity index (χ4v) is 4.12. The summed E-state index contributed by atoms with van der Waals surface area (Å²) in [6.45, 7) is 0.268. The third-order valence-corrected chi connectivity index (χ3v) is 5.85. The minimum absolute atomic E-state index is 0.197. The molecule has 4 rings (SSSR count). The number of ether oxygens (including phenoxy) is 1. The van der Waals surface area contributed by atoms with Crippen LogP contribution in [0, 0.1) is 5.82 Å². The van der Waals surface area contributed by atoms with E-state index in [9.17, 15) is 14.0 Å². The van der Waals surface area contributed by atoms with Crippen molar-refractivity contribution in [3.8, 4) is 11.3 Å². The molecule has 9 heteroatoms.